The fraction of sp³-hybridized carbons (Fsp3) is 0.333. The first kappa shape index (κ1) is 12.0. The van der Waals surface area contributed by atoms with Crippen molar-refractivity contribution >= 4 is 17.3 Å². The number of Topliss-reactive ketones (excluding diaryl/α,β-unsaturated/α-hetero) is 2. The second-order valence-corrected chi connectivity index (χ2v) is 5.20. The Morgan fingerprint density at radius 3 is 2.58 bits per heavy atom. The van der Waals surface area contributed by atoms with Gasteiger partial charge in [-0.25, -0.2) is 0 Å². The van der Waals surface area contributed by atoms with Crippen molar-refractivity contribution in [1.82, 2.24) is 0 Å². The largest absolute Gasteiger partial charge is 0.507 e. The van der Waals surface area contributed by atoms with Crippen molar-refractivity contribution in [2.24, 2.45) is 0 Å². The van der Waals surface area contributed by atoms with Crippen LogP contribution in [-0.4, -0.2) is 23.3 Å². The molecule has 0 saturated carbocycles. The summed E-state index contributed by atoms with van der Waals surface area (Å²) in [5.41, 5.74) is 2.43. The molecule has 1 heterocycles. The molecule has 19 heavy (non-hydrogen) atoms. The Balaban J connectivity index is 2.44. The van der Waals surface area contributed by atoms with Gasteiger partial charge in [0.1, 0.15) is 11.5 Å². The van der Waals surface area contributed by atoms with Gasteiger partial charge in [-0.05, 0) is 25.5 Å². The Bertz CT molecular complexity index is 667. The fourth-order valence-electron chi connectivity index (χ4n) is 2.83. The molecule has 0 unspecified atom stereocenters. The summed E-state index contributed by atoms with van der Waals surface area (Å²) in [6.45, 7) is 5.74. The normalized spacial score (nSPS) is 21.3. The summed E-state index contributed by atoms with van der Waals surface area (Å²) in [5, 5.41) is 10.3. The number of aryl methyl sites for hydroxylation is 1. The zero-order chi connectivity index (χ0) is 13.9. The SMILES string of the molecule is CC1=C(O)c2c(c(C)cc3c2[C@@H](C)CO3)C(=O)C1=O. The van der Waals surface area contributed by atoms with Gasteiger partial charge in [0.05, 0.1) is 6.61 Å². The van der Waals surface area contributed by atoms with E-state index in [2.05, 4.69) is 0 Å². The third kappa shape index (κ3) is 1.40. The van der Waals surface area contributed by atoms with Gasteiger partial charge in [0.25, 0.3) is 0 Å². The van der Waals surface area contributed by atoms with Crippen LogP contribution in [0.3, 0.4) is 0 Å². The third-order valence-electron chi connectivity index (χ3n) is 3.87. The Morgan fingerprint density at radius 1 is 1.21 bits per heavy atom. The zero-order valence-electron chi connectivity index (χ0n) is 11.0. The molecule has 3 rings (SSSR count). The van der Waals surface area contributed by atoms with Crippen LogP contribution < -0.4 is 4.74 Å². The van der Waals surface area contributed by atoms with Crippen LogP contribution in [0.5, 0.6) is 5.75 Å². The van der Waals surface area contributed by atoms with Crippen LogP contribution in [0.4, 0.5) is 0 Å². The first-order valence-corrected chi connectivity index (χ1v) is 6.23. The maximum Gasteiger partial charge on any atom is 0.234 e. The van der Waals surface area contributed by atoms with E-state index in [9.17, 15) is 14.7 Å². The number of allylic oxidation sites excluding steroid dienone is 1. The molecule has 0 aromatic heterocycles. The molecule has 1 N–H and O–H groups in total. The average molecular weight is 258 g/mol. The highest BCUT2D eigenvalue weighted by atomic mass is 16.5. The van der Waals surface area contributed by atoms with Gasteiger partial charge < -0.3 is 9.84 Å². The van der Waals surface area contributed by atoms with Crippen molar-refractivity contribution in [3.05, 3.63) is 33.9 Å². The standard InChI is InChI=1S/C15H14O4/c1-6-4-9-10(7(2)5-19-9)12-11(6)15(18)14(17)8(3)13(12)16/h4,7,16H,5H2,1-3H3/t7-/m0/s1. The number of ketones is 2. The molecular weight excluding hydrogens is 244 g/mol. The molecule has 0 fully saturated rings. The van der Waals surface area contributed by atoms with Crippen molar-refractivity contribution in [3.8, 4) is 5.75 Å². The van der Waals surface area contributed by atoms with E-state index in [0.717, 1.165) is 5.56 Å². The number of carbonyl (C=O) groups excluding carboxylic acids is 2. The number of benzene rings is 1. The van der Waals surface area contributed by atoms with Gasteiger partial charge in [0.15, 0.2) is 0 Å². The summed E-state index contributed by atoms with van der Waals surface area (Å²) in [5.74, 6) is -0.452. The molecule has 1 aliphatic carbocycles. The number of carbonyl (C=O) groups is 2. The Morgan fingerprint density at radius 2 is 1.89 bits per heavy atom. The van der Waals surface area contributed by atoms with Gasteiger partial charge in [-0.15, -0.1) is 0 Å². The molecule has 1 aromatic carbocycles. The summed E-state index contributed by atoms with van der Waals surface area (Å²) in [6.07, 6.45) is 0. The predicted molar refractivity (Wildman–Crippen MR) is 69.6 cm³/mol. The Hall–Kier alpha value is -2.10. The van der Waals surface area contributed by atoms with E-state index >= 15 is 0 Å². The summed E-state index contributed by atoms with van der Waals surface area (Å²) < 4.78 is 5.57. The monoisotopic (exact) mass is 258 g/mol. The molecular formula is C15H14O4. The van der Waals surface area contributed by atoms with E-state index in [1.54, 1.807) is 13.0 Å². The summed E-state index contributed by atoms with van der Waals surface area (Å²) in [7, 11) is 0. The number of aliphatic hydroxyl groups excluding tert-OH is 1. The predicted octanol–water partition coefficient (Wildman–Crippen LogP) is 2.55. The lowest BCUT2D eigenvalue weighted by molar-refractivity contribution is -0.111. The number of rotatable bonds is 0. The van der Waals surface area contributed by atoms with Crippen molar-refractivity contribution in [2.45, 2.75) is 26.7 Å². The molecule has 0 saturated heterocycles. The average Bonchev–Trinajstić information content (AvgIpc) is 2.73. The molecule has 0 radical (unpaired) electrons. The minimum Gasteiger partial charge on any atom is -0.507 e. The fourth-order valence-corrected chi connectivity index (χ4v) is 2.83. The maximum absolute atomic E-state index is 12.2. The highest BCUT2D eigenvalue weighted by Crippen LogP contribution is 2.44. The molecule has 1 aromatic rings. The van der Waals surface area contributed by atoms with Crippen LogP contribution in [0.25, 0.3) is 5.76 Å². The van der Waals surface area contributed by atoms with E-state index in [1.165, 1.54) is 6.92 Å². The first-order valence-electron chi connectivity index (χ1n) is 6.23. The summed E-state index contributed by atoms with van der Waals surface area (Å²) in [4.78, 5) is 24.0. The van der Waals surface area contributed by atoms with Gasteiger partial charge in [-0.1, -0.05) is 6.92 Å². The van der Waals surface area contributed by atoms with Gasteiger partial charge in [-0.2, -0.15) is 0 Å². The smallest absolute Gasteiger partial charge is 0.234 e. The van der Waals surface area contributed by atoms with Crippen LogP contribution in [0.2, 0.25) is 0 Å². The molecule has 0 spiro atoms. The third-order valence-corrected chi connectivity index (χ3v) is 3.87. The van der Waals surface area contributed by atoms with Crippen molar-refractivity contribution in [3.63, 3.8) is 0 Å². The van der Waals surface area contributed by atoms with Gasteiger partial charge >= 0.3 is 0 Å². The quantitative estimate of drug-likeness (QED) is 0.726. The van der Waals surface area contributed by atoms with Crippen molar-refractivity contribution < 1.29 is 19.4 Å². The Kier molecular flexibility index (Phi) is 2.33. The van der Waals surface area contributed by atoms with Crippen LogP contribution in [-0.2, 0) is 4.79 Å². The van der Waals surface area contributed by atoms with Crippen LogP contribution in [0, 0.1) is 6.92 Å². The summed E-state index contributed by atoms with van der Waals surface area (Å²) >= 11 is 0. The number of hydrogen-bond donors (Lipinski definition) is 1. The zero-order valence-corrected chi connectivity index (χ0v) is 11.0. The topological polar surface area (TPSA) is 63.6 Å². The number of hydrogen-bond acceptors (Lipinski definition) is 4. The van der Waals surface area contributed by atoms with Crippen LogP contribution in [0.15, 0.2) is 11.6 Å². The molecule has 98 valence electrons. The lowest BCUT2D eigenvalue weighted by Crippen LogP contribution is -2.25. The van der Waals surface area contributed by atoms with E-state index in [-0.39, 0.29) is 17.3 Å². The molecule has 2 aliphatic rings. The van der Waals surface area contributed by atoms with Gasteiger partial charge in [0.2, 0.25) is 11.6 Å². The highest BCUT2D eigenvalue weighted by molar-refractivity contribution is 6.52. The maximum atomic E-state index is 12.2. The van der Waals surface area contributed by atoms with E-state index < -0.39 is 11.6 Å². The van der Waals surface area contributed by atoms with Crippen molar-refractivity contribution in [1.29, 1.82) is 0 Å². The molecule has 0 bridgehead atoms. The molecule has 4 heteroatoms. The lowest BCUT2D eigenvalue weighted by Gasteiger charge is -2.21. The molecule has 1 aliphatic heterocycles. The Labute approximate surface area is 110 Å². The van der Waals surface area contributed by atoms with E-state index in [1.807, 2.05) is 6.92 Å². The second kappa shape index (κ2) is 3.70. The van der Waals surface area contributed by atoms with Gasteiger partial charge in [-0.3, -0.25) is 9.59 Å². The van der Waals surface area contributed by atoms with Crippen molar-refractivity contribution in [2.75, 3.05) is 6.61 Å². The number of aliphatic hydroxyl groups is 1. The molecule has 1 atom stereocenters. The second-order valence-electron chi connectivity index (χ2n) is 5.20. The van der Waals surface area contributed by atoms with Crippen LogP contribution in [0.1, 0.15) is 46.8 Å². The summed E-state index contributed by atoms with van der Waals surface area (Å²) in [6, 6.07) is 1.77. The number of ether oxygens (including phenoxy) is 1. The van der Waals surface area contributed by atoms with E-state index in [4.69, 9.17) is 4.74 Å². The van der Waals surface area contributed by atoms with Gasteiger partial charge in [0, 0.05) is 28.2 Å². The minimum atomic E-state index is -0.625. The van der Waals surface area contributed by atoms with Crippen LogP contribution >= 0.6 is 0 Å². The molecule has 4 nitrogen and oxygen atoms in total. The number of fused-ring (bicyclic) bond motifs is 3. The molecule has 0 amide bonds. The minimum absolute atomic E-state index is 0.0862. The van der Waals surface area contributed by atoms with E-state index in [0.29, 0.717) is 29.0 Å². The first-order chi connectivity index (χ1) is 8.93. The lowest BCUT2D eigenvalue weighted by atomic mass is 9.81. The highest BCUT2D eigenvalue weighted by Gasteiger charge is 2.37.